The molecule has 2 saturated heterocycles. The molecule has 32 heavy (non-hydrogen) atoms. The van der Waals surface area contributed by atoms with Gasteiger partial charge in [-0.3, -0.25) is 9.80 Å². The van der Waals surface area contributed by atoms with Crippen molar-refractivity contribution in [3.05, 3.63) is 52.3 Å². The van der Waals surface area contributed by atoms with Crippen molar-refractivity contribution in [2.24, 2.45) is 0 Å². The third-order valence-corrected chi connectivity index (χ3v) is 7.41. The molecule has 2 fully saturated rings. The van der Waals surface area contributed by atoms with Crippen molar-refractivity contribution < 1.29 is 4.39 Å². The molecule has 2 aromatic carbocycles. The van der Waals surface area contributed by atoms with E-state index in [1.54, 1.807) is 6.07 Å². The van der Waals surface area contributed by atoms with Gasteiger partial charge in [-0.1, -0.05) is 24.6 Å². The first-order chi connectivity index (χ1) is 15.4. The zero-order valence-corrected chi connectivity index (χ0v) is 19.9. The van der Waals surface area contributed by atoms with Gasteiger partial charge in [-0.25, -0.2) is 4.39 Å². The zero-order chi connectivity index (χ0) is 22.8. The first kappa shape index (κ1) is 23.1. The summed E-state index contributed by atoms with van der Waals surface area (Å²) in [6, 6.07) is 10.1. The lowest BCUT2D eigenvalue weighted by Crippen LogP contribution is -2.58. The molecule has 174 valence electrons. The fourth-order valence-electron chi connectivity index (χ4n) is 5.31. The Labute approximate surface area is 196 Å². The van der Waals surface area contributed by atoms with Crippen LogP contribution in [0.5, 0.6) is 0 Å². The van der Waals surface area contributed by atoms with Crippen molar-refractivity contribution in [1.29, 1.82) is 0 Å². The van der Waals surface area contributed by atoms with E-state index in [-0.39, 0.29) is 5.82 Å². The van der Waals surface area contributed by atoms with Crippen LogP contribution in [-0.2, 0) is 6.54 Å². The van der Waals surface area contributed by atoms with Crippen LogP contribution in [-0.4, -0.2) is 54.6 Å². The quantitative estimate of drug-likeness (QED) is 0.644. The molecule has 0 bridgehead atoms. The molecule has 0 amide bonds. The molecule has 0 saturated carbocycles. The Hall–Kier alpha value is -2.02. The molecule has 4 N–H and O–H groups in total. The Balaban J connectivity index is 1.35. The van der Waals surface area contributed by atoms with Crippen LogP contribution in [0.2, 0.25) is 5.02 Å². The second kappa shape index (κ2) is 9.86. The third-order valence-electron chi connectivity index (χ3n) is 7.18. The van der Waals surface area contributed by atoms with E-state index in [0.717, 1.165) is 57.5 Å². The van der Waals surface area contributed by atoms with E-state index in [2.05, 4.69) is 28.5 Å². The van der Waals surface area contributed by atoms with Gasteiger partial charge < -0.3 is 16.4 Å². The molecule has 0 aliphatic carbocycles. The zero-order valence-electron chi connectivity index (χ0n) is 19.2. The molecule has 2 heterocycles. The van der Waals surface area contributed by atoms with Gasteiger partial charge in [-0.15, -0.1) is 0 Å². The molecular weight excluding hydrogens is 425 g/mol. The highest BCUT2D eigenvalue weighted by molar-refractivity contribution is 6.30. The van der Waals surface area contributed by atoms with Gasteiger partial charge in [0.2, 0.25) is 0 Å². The molecule has 4 rings (SSSR count). The molecule has 0 aromatic heterocycles. The Kier molecular flexibility index (Phi) is 7.13. The number of nitrogen functional groups attached to an aromatic ring is 2. The number of piperazine rings is 1. The van der Waals surface area contributed by atoms with E-state index in [1.807, 2.05) is 18.2 Å². The number of benzene rings is 2. The Morgan fingerprint density at radius 3 is 2.44 bits per heavy atom. The number of likely N-dealkylation sites (tertiary alicyclic amines) is 1. The van der Waals surface area contributed by atoms with E-state index in [9.17, 15) is 4.39 Å². The average Bonchev–Trinajstić information content (AvgIpc) is 2.78. The van der Waals surface area contributed by atoms with Crippen molar-refractivity contribution in [2.75, 3.05) is 49.1 Å². The highest BCUT2D eigenvalue weighted by Gasteiger charge is 2.33. The van der Waals surface area contributed by atoms with Gasteiger partial charge in [0.1, 0.15) is 5.82 Å². The number of nitrogens with two attached hydrogens (primary N) is 2. The molecule has 7 heteroatoms. The monoisotopic (exact) mass is 459 g/mol. The Morgan fingerprint density at radius 2 is 1.75 bits per heavy atom. The highest BCUT2D eigenvalue weighted by atomic mass is 35.5. The van der Waals surface area contributed by atoms with Crippen LogP contribution < -0.4 is 16.4 Å². The van der Waals surface area contributed by atoms with E-state index in [0.29, 0.717) is 35.0 Å². The van der Waals surface area contributed by atoms with Crippen LogP contribution in [0, 0.1) is 12.7 Å². The lowest BCUT2D eigenvalue weighted by molar-refractivity contribution is 0.0609. The van der Waals surface area contributed by atoms with Gasteiger partial charge in [-0.05, 0) is 69.1 Å². The van der Waals surface area contributed by atoms with Crippen LogP contribution >= 0.6 is 11.6 Å². The normalized spacial score (nSPS) is 21.2. The number of hydrogen-bond donors (Lipinski definition) is 2. The van der Waals surface area contributed by atoms with E-state index in [1.165, 1.54) is 17.3 Å². The summed E-state index contributed by atoms with van der Waals surface area (Å²) in [5.41, 5.74) is 16.5. The number of rotatable bonds is 5. The minimum absolute atomic E-state index is 0.208. The van der Waals surface area contributed by atoms with Crippen molar-refractivity contribution >= 4 is 28.7 Å². The van der Waals surface area contributed by atoms with Gasteiger partial charge in [0.25, 0.3) is 0 Å². The summed E-state index contributed by atoms with van der Waals surface area (Å²) in [5, 5.41) is 0.451. The van der Waals surface area contributed by atoms with Gasteiger partial charge in [-0.2, -0.15) is 0 Å². The minimum atomic E-state index is -0.208. The van der Waals surface area contributed by atoms with Crippen LogP contribution in [0.1, 0.15) is 37.3 Å². The Morgan fingerprint density at radius 1 is 1.03 bits per heavy atom. The lowest BCUT2D eigenvalue weighted by atomic mass is 9.97. The van der Waals surface area contributed by atoms with Crippen LogP contribution in [0.3, 0.4) is 0 Å². The second-order valence-corrected chi connectivity index (χ2v) is 9.69. The maximum atomic E-state index is 14.2. The summed E-state index contributed by atoms with van der Waals surface area (Å²) >= 11 is 5.89. The van der Waals surface area contributed by atoms with Gasteiger partial charge in [0.05, 0.1) is 11.4 Å². The largest absolute Gasteiger partial charge is 0.397 e. The van der Waals surface area contributed by atoms with Gasteiger partial charge in [0, 0.05) is 54.5 Å². The van der Waals surface area contributed by atoms with Crippen molar-refractivity contribution in [2.45, 2.75) is 51.7 Å². The second-order valence-electron chi connectivity index (χ2n) is 9.26. The Bertz CT molecular complexity index is 944. The number of hydrogen-bond acceptors (Lipinski definition) is 5. The summed E-state index contributed by atoms with van der Waals surface area (Å²) in [6.45, 7) is 10.1. The maximum Gasteiger partial charge on any atom is 0.129 e. The number of aryl methyl sites for hydroxylation is 1. The maximum absolute atomic E-state index is 14.2. The summed E-state index contributed by atoms with van der Waals surface area (Å²) in [4.78, 5) is 7.54. The minimum Gasteiger partial charge on any atom is -0.397 e. The number of piperidine rings is 1. The van der Waals surface area contributed by atoms with E-state index in [4.69, 9.17) is 23.1 Å². The third kappa shape index (κ3) is 4.98. The first-order valence-corrected chi connectivity index (χ1v) is 12.1. The number of anilines is 3. The smallest absolute Gasteiger partial charge is 0.129 e. The summed E-state index contributed by atoms with van der Waals surface area (Å²) in [7, 11) is 0. The summed E-state index contributed by atoms with van der Waals surface area (Å²) in [6.07, 6.45) is 3.37. The van der Waals surface area contributed by atoms with Gasteiger partial charge in [0.15, 0.2) is 0 Å². The van der Waals surface area contributed by atoms with Crippen LogP contribution in [0.15, 0.2) is 30.3 Å². The fourth-order valence-corrected chi connectivity index (χ4v) is 5.47. The van der Waals surface area contributed by atoms with E-state index >= 15 is 0 Å². The fraction of sp³-hybridized carbons (Fsp3) is 0.520. The number of nitrogens with zero attached hydrogens (tertiary/aromatic N) is 3. The summed E-state index contributed by atoms with van der Waals surface area (Å²) < 4.78 is 14.2. The summed E-state index contributed by atoms with van der Waals surface area (Å²) in [5.74, 6) is -0.208. The molecule has 1 atom stereocenters. The van der Waals surface area contributed by atoms with Crippen molar-refractivity contribution in [1.82, 2.24) is 9.80 Å². The predicted molar refractivity (Wildman–Crippen MR) is 133 cm³/mol. The molecule has 2 aliphatic heterocycles. The highest BCUT2D eigenvalue weighted by Crippen LogP contribution is 2.31. The average molecular weight is 460 g/mol. The predicted octanol–water partition coefficient (Wildman–Crippen LogP) is 4.52. The van der Waals surface area contributed by atoms with Gasteiger partial charge >= 0.3 is 0 Å². The van der Waals surface area contributed by atoms with Crippen LogP contribution in [0.25, 0.3) is 0 Å². The van der Waals surface area contributed by atoms with Crippen LogP contribution in [0.4, 0.5) is 21.5 Å². The molecule has 5 nitrogen and oxygen atoms in total. The molecular formula is C25H35ClFN5. The molecule has 2 aliphatic rings. The standard InChI is InChI=1S/C25H35ClFN5/c1-3-20-16-31(25-14-24(29)23(28)12-17(25)2)10-11-32(20)21-6-8-30(9-7-21)15-18-4-5-19(26)13-22(18)27/h4-5,12-14,20-21H,3,6-11,15-16,28-29H2,1-2H3. The van der Waals surface area contributed by atoms with Crippen molar-refractivity contribution in [3.63, 3.8) is 0 Å². The molecule has 0 radical (unpaired) electrons. The molecule has 2 aromatic rings. The van der Waals surface area contributed by atoms with E-state index < -0.39 is 0 Å². The topological polar surface area (TPSA) is 61.8 Å². The molecule has 0 spiro atoms. The van der Waals surface area contributed by atoms with Crippen molar-refractivity contribution in [3.8, 4) is 0 Å². The number of halogens is 2. The first-order valence-electron chi connectivity index (χ1n) is 11.7. The SMILES string of the molecule is CCC1CN(c2cc(N)c(N)cc2C)CCN1C1CCN(Cc2ccc(Cl)cc2F)CC1. The lowest BCUT2D eigenvalue weighted by Gasteiger charge is -2.48. The molecule has 1 unspecified atom stereocenters.